The fraction of sp³-hybridized carbons (Fsp3) is 0.160. The van der Waals surface area contributed by atoms with Gasteiger partial charge in [-0.25, -0.2) is 13.5 Å². The molecular formula is C25H24F2N5O6PS2. The lowest BCUT2D eigenvalue weighted by atomic mass is 10.1. The lowest BCUT2D eigenvalue weighted by molar-refractivity contribution is 0.341. The largest absolute Gasteiger partial charge is 0.505 e. The van der Waals surface area contributed by atoms with E-state index in [0.717, 1.165) is 16.8 Å². The number of nitrogens with zero attached hydrogens (tertiary/aromatic N) is 3. The highest BCUT2D eigenvalue weighted by molar-refractivity contribution is 8.24. The summed E-state index contributed by atoms with van der Waals surface area (Å²) < 4.78 is 74.4. The van der Waals surface area contributed by atoms with E-state index in [4.69, 9.17) is 4.52 Å². The van der Waals surface area contributed by atoms with E-state index in [2.05, 4.69) is 19.9 Å². The van der Waals surface area contributed by atoms with Gasteiger partial charge in [-0.15, -0.1) is 10.8 Å². The Morgan fingerprint density at radius 3 is 2.61 bits per heavy atom. The van der Waals surface area contributed by atoms with Crippen molar-refractivity contribution in [3.05, 3.63) is 86.3 Å². The molecule has 1 aliphatic heterocycles. The first kappa shape index (κ1) is 28.9. The fourth-order valence-corrected chi connectivity index (χ4v) is 7.19. The van der Waals surface area contributed by atoms with Gasteiger partial charge in [0.1, 0.15) is 11.3 Å². The standard InChI is InChI=1S/C25H24F2N5O6PS2/c1-3-38-39(35)20-11-16(31-41(2,36)37)5-7-19(20)28-24(30-39)21-23(33)22(15-8-9-40-13-15)29-32(25(21)34)12-14-4-6-17(26)18(27)10-14/h4-11,13,31,33,36-37H,3,12H2,1-2H3,(H,28,30,35). The van der Waals surface area contributed by atoms with Crippen LogP contribution in [0.4, 0.5) is 20.2 Å². The molecule has 5 N–H and O–H groups in total. The van der Waals surface area contributed by atoms with Crippen LogP contribution in [0, 0.1) is 11.6 Å². The molecule has 4 aromatic rings. The van der Waals surface area contributed by atoms with E-state index in [1.165, 1.54) is 41.9 Å². The van der Waals surface area contributed by atoms with Crippen LogP contribution in [0.1, 0.15) is 18.1 Å². The number of nitrogens with one attached hydrogen (secondary N) is 2. The summed E-state index contributed by atoms with van der Waals surface area (Å²) in [6.07, 6.45) is 1.19. The van der Waals surface area contributed by atoms with E-state index >= 15 is 0 Å². The van der Waals surface area contributed by atoms with Gasteiger partial charge in [0.15, 0.2) is 23.2 Å². The van der Waals surface area contributed by atoms with Gasteiger partial charge in [-0.3, -0.25) is 23.2 Å². The Labute approximate surface area is 238 Å². The van der Waals surface area contributed by atoms with Crippen molar-refractivity contribution in [1.29, 1.82) is 0 Å². The number of aromatic hydroxyl groups is 1. The van der Waals surface area contributed by atoms with Gasteiger partial charge in [0.2, 0.25) is 0 Å². The molecule has 0 fully saturated rings. The zero-order valence-corrected chi connectivity index (χ0v) is 24.1. The average molecular weight is 624 g/mol. The van der Waals surface area contributed by atoms with Gasteiger partial charge in [0.25, 0.3) is 5.56 Å². The zero-order valence-electron chi connectivity index (χ0n) is 21.5. The number of thiophene rings is 1. The first-order valence-corrected chi connectivity index (χ1v) is 16.4. The Hall–Kier alpha value is -3.59. The number of hydrogen-bond acceptors (Lipinski definition) is 10. The molecule has 0 saturated heterocycles. The maximum absolute atomic E-state index is 14.1. The third-order valence-electron chi connectivity index (χ3n) is 5.88. The summed E-state index contributed by atoms with van der Waals surface area (Å²) in [6, 6.07) is 9.21. The maximum atomic E-state index is 14.1. The second-order valence-corrected chi connectivity index (χ2v) is 13.6. The van der Waals surface area contributed by atoms with E-state index in [0.29, 0.717) is 5.56 Å². The monoisotopic (exact) mass is 623 g/mol. The summed E-state index contributed by atoms with van der Waals surface area (Å²) in [7, 11) is -7.21. The third-order valence-corrected chi connectivity index (χ3v) is 9.24. The molecule has 11 nitrogen and oxygen atoms in total. The molecular weight excluding hydrogens is 599 g/mol. The minimum atomic E-state index is -4.06. The van der Waals surface area contributed by atoms with Crippen LogP contribution in [0.5, 0.6) is 5.75 Å². The molecule has 0 spiro atoms. The van der Waals surface area contributed by atoms with Crippen LogP contribution < -0.4 is 20.9 Å². The van der Waals surface area contributed by atoms with Crippen molar-refractivity contribution in [2.45, 2.75) is 13.5 Å². The van der Waals surface area contributed by atoms with Gasteiger partial charge in [0, 0.05) is 17.2 Å². The summed E-state index contributed by atoms with van der Waals surface area (Å²) in [6.45, 7) is 1.32. The van der Waals surface area contributed by atoms with E-state index in [9.17, 15) is 32.4 Å². The molecule has 1 unspecified atom stereocenters. The topological polar surface area (TPSA) is 158 Å². The molecule has 0 radical (unpaired) electrons. The predicted octanol–water partition coefficient (Wildman–Crippen LogP) is 5.44. The predicted molar refractivity (Wildman–Crippen MR) is 157 cm³/mol. The number of aromatic nitrogens is 2. The van der Waals surface area contributed by atoms with Crippen LogP contribution in [0.25, 0.3) is 11.3 Å². The quantitative estimate of drug-likeness (QED) is 0.161. The zero-order chi connectivity index (χ0) is 29.5. The Bertz CT molecular complexity index is 1780. The first-order valence-electron chi connectivity index (χ1n) is 12.0. The van der Waals surface area contributed by atoms with Crippen molar-refractivity contribution in [3.63, 3.8) is 0 Å². The minimum absolute atomic E-state index is 0.0117. The van der Waals surface area contributed by atoms with Gasteiger partial charge in [-0.1, -0.05) is 6.07 Å². The molecule has 1 atom stereocenters. The van der Waals surface area contributed by atoms with E-state index in [1.54, 1.807) is 23.8 Å². The van der Waals surface area contributed by atoms with Crippen molar-refractivity contribution in [1.82, 2.24) is 9.78 Å². The van der Waals surface area contributed by atoms with Crippen LogP contribution in [-0.2, 0) is 15.6 Å². The normalized spacial score (nSPS) is 17.0. The number of anilines is 2. The van der Waals surface area contributed by atoms with Crippen LogP contribution >= 0.6 is 29.6 Å². The molecule has 0 saturated carbocycles. The summed E-state index contributed by atoms with van der Waals surface area (Å²) in [5, 5.41) is 22.0. The highest BCUT2D eigenvalue weighted by atomic mass is 32.3. The Morgan fingerprint density at radius 2 is 1.95 bits per heavy atom. The molecule has 0 aliphatic carbocycles. The van der Waals surface area contributed by atoms with Gasteiger partial charge in [0.05, 0.1) is 29.8 Å². The molecule has 0 bridgehead atoms. The number of amidine groups is 1. The molecule has 0 amide bonds. The second-order valence-electron chi connectivity index (χ2n) is 8.97. The van der Waals surface area contributed by atoms with Crippen LogP contribution in [-0.4, -0.2) is 42.7 Å². The van der Waals surface area contributed by atoms with E-state index < -0.39 is 41.2 Å². The lowest BCUT2D eigenvalue weighted by Crippen LogP contribution is -2.35. The smallest absolute Gasteiger partial charge is 0.348 e. The second kappa shape index (κ2) is 11.0. The molecule has 1 aliphatic rings. The van der Waals surface area contributed by atoms with Crippen LogP contribution in [0.2, 0.25) is 0 Å². The molecule has 16 heteroatoms. The first-order chi connectivity index (χ1) is 19.4. The van der Waals surface area contributed by atoms with Crippen LogP contribution in [0.3, 0.4) is 0 Å². The highest BCUT2D eigenvalue weighted by Crippen LogP contribution is 2.53. The summed E-state index contributed by atoms with van der Waals surface area (Å²) >= 11 is 1.32. The molecule has 216 valence electrons. The summed E-state index contributed by atoms with van der Waals surface area (Å²) in [5.74, 6) is -2.94. The Kier molecular flexibility index (Phi) is 7.76. The van der Waals surface area contributed by atoms with Crippen molar-refractivity contribution in [2.24, 2.45) is 4.76 Å². The van der Waals surface area contributed by atoms with Crippen LogP contribution in [0.15, 0.2) is 62.8 Å². The van der Waals surface area contributed by atoms with Crippen molar-refractivity contribution in [3.8, 4) is 17.0 Å². The molecule has 2 aromatic heterocycles. The molecule has 3 heterocycles. The SMILES string of the molecule is CCOP1(=O)N=C(c2c(O)c(-c3ccsc3)nn(Cc3ccc(F)c(F)c3)c2=O)Nc2ccc(NS(C)(O)O)cc21. The van der Waals surface area contributed by atoms with Gasteiger partial charge in [-0.2, -0.15) is 21.2 Å². The third kappa shape index (κ3) is 5.91. The lowest BCUT2D eigenvalue weighted by Gasteiger charge is -2.30. The van der Waals surface area contributed by atoms with E-state index in [1.807, 2.05) is 0 Å². The Morgan fingerprint density at radius 1 is 1.17 bits per heavy atom. The van der Waals surface area contributed by atoms with E-state index in [-0.39, 0.29) is 52.5 Å². The number of benzene rings is 2. The molecule has 5 rings (SSSR count). The van der Waals surface area contributed by atoms with Crippen molar-refractivity contribution in [2.75, 3.05) is 22.9 Å². The van der Waals surface area contributed by atoms with Gasteiger partial charge >= 0.3 is 7.52 Å². The van der Waals surface area contributed by atoms with Gasteiger partial charge in [-0.05, 0) is 54.3 Å². The molecule has 2 aromatic carbocycles. The average Bonchev–Trinajstić information content (AvgIpc) is 3.42. The fourth-order valence-electron chi connectivity index (χ4n) is 4.17. The Balaban J connectivity index is 1.68. The number of rotatable bonds is 8. The summed E-state index contributed by atoms with van der Waals surface area (Å²) in [4.78, 5) is 13.7. The van der Waals surface area contributed by atoms with Gasteiger partial charge < -0.3 is 14.9 Å². The number of halogens is 2. The van der Waals surface area contributed by atoms with Crippen molar-refractivity contribution < 1.29 is 32.1 Å². The number of fused-ring (bicyclic) bond motifs is 1. The highest BCUT2D eigenvalue weighted by Gasteiger charge is 2.36. The maximum Gasteiger partial charge on any atom is 0.348 e. The minimum Gasteiger partial charge on any atom is -0.505 e. The molecule has 41 heavy (non-hydrogen) atoms. The van der Waals surface area contributed by atoms with Crippen molar-refractivity contribution >= 4 is 52.1 Å². The number of hydrogen-bond donors (Lipinski definition) is 5. The summed E-state index contributed by atoms with van der Waals surface area (Å²) in [5.41, 5.74) is 0.000000969.